The van der Waals surface area contributed by atoms with Crippen LogP contribution in [0.25, 0.3) is 16.7 Å². The molecule has 2 heterocycles. The molecule has 0 saturated carbocycles. The summed E-state index contributed by atoms with van der Waals surface area (Å²) in [6.45, 7) is 8.03. The number of nitrogens with one attached hydrogen (secondary N) is 1. The summed E-state index contributed by atoms with van der Waals surface area (Å²) in [7, 11) is 0. The third kappa shape index (κ3) is 4.66. The van der Waals surface area contributed by atoms with Crippen molar-refractivity contribution in [2.45, 2.75) is 53.2 Å². The number of aromatic nitrogens is 4. The van der Waals surface area contributed by atoms with Gasteiger partial charge in [0.2, 0.25) is 5.78 Å². The van der Waals surface area contributed by atoms with Crippen LogP contribution in [-0.2, 0) is 13.1 Å². The van der Waals surface area contributed by atoms with E-state index in [1.165, 1.54) is 15.0 Å². The van der Waals surface area contributed by atoms with Crippen molar-refractivity contribution in [3.63, 3.8) is 0 Å². The number of ketones is 1. The van der Waals surface area contributed by atoms with Gasteiger partial charge >= 0.3 is 5.69 Å². The Labute approximate surface area is 207 Å². The third-order valence-electron chi connectivity index (χ3n) is 5.69. The fourth-order valence-corrected chi connectivity index (χ4v) is 4.06. The number of benzene rings is 2. The van der Waals surface area contributed by atoms with Crippen LogP contribution in [0.3, 0.4) is 0 Å². The van der Waals surface area contributed by atoms with E-state index < -0.39 is 5.69 Å². The molecule has 4 aromatic rings. The molecular formula is C26H29N5O5. The number of ether oxygens (including phenoxy) is 1. The first-order valence-corrected chi connectivity index (χ1v) is 12.0. The first-order chi connectivity index (χ1) is 17.2. The highest BCUT2D eigenvalue weighted by atomic mass is 16.5. The van der Waals surface area contributed by atoms with Crippen LogP contribution >= 0.6 is 0 Å². The molecule has 0 unspecified atom stereocenters. The molecule has 0 fully saturated rings. The minimum Gasteiger partial charge on any atom is -0.494 e. The Morgan fingerprint density at radius 3 is 2.36 bits per heavy atom. The van der Waals surface area contributed by atoms with Gasteiger partial charge in [0.05, 0.1) is 17.5 Å². The maximum Gasteiger partial charge on any atom is 0.352 e. The zero-order chi connectivity index (χ0) is 26.0. The standard InChI is InChI=1S/C26H29N5O5/c1-5-13-29-24(34)20-12-9-18(23(33)27-16(3)4)14-21(20)31-25(29)28-30(26(31)35)15-22(32)17-7-10-19(11-8-17)36-6-2/h7-12,14,16H,5-6,13,15H2,1-4H3,(H,27,33). The number of carbonyl (C=O) groups excluding carboxylic acids is 2. The predicted molar refractivity (Wildman–Crippen MR) is 136 cm³/mol. The molecule has 10 nitrogen and oxygen atoms in total. The quantitative estimate of drug-likeness (QED) is 0.360. The van der Waals surface area contributed by atoms with E-state index in [-0.39, 0.29) is 46.5 Å². The average molecular weight is 492 g/mol. The molecule has 1 amide bonds. The van der Waals surface area contributed by atoms with Gasteiger partial charge in [-0.3, -0.25) is 19.0 Å². The molecule has 0 spiro atoms. The van der Waals surface area contributed by atoms with E-state index in [1.807, 2.05) is 27.7 Å². The van der Waals surface area contributed by atoms with Gasteiger partial charge in [-0.1, -0.05) is 6.92 Å². The molecule has 0 saturated heterocycles. The molecule has 188 valence electrons. The van der Waals surface area contributed by atoms with Gasteiger partial charge in [-0.2, -0.15) is 0 Å². The summed E-state index contributed by atoms with van der Waals surface area (Å²) in [4.78, 5) is 52.2. The second kappa shape index (κ2) is 10.2. The maximum absolute atomic E-state index is 13.5. The fraction of sp³-hybridized carbons (Fsp3) is 0.346. The molecule has 2 aromatic carbocycles. The van der Waals surface area contributed by atoms with Gasteiger partial charge in [0, 0.05) is 23.7 Å². The van der Waals surface area contributed by atoms with Gasteiger partial charge in [-0.15, -0.1) is 5.10 Å². The lowest BCUT2D eigenvalue weighted by atomic mass is 10.1. The Bertz CT molecular complexity index is 1560. The van der Waals surface area contributed by atoms with Crippen LogP contribution in [-0.4, -0.2) is 43.1 Å². The second-order valence-electron chi connectivity index (χ2n) is 8.77. The summed E-state index contributed by atoms with van der Waals surface area (Å²) in [5, 5.41) is 7.46. The normalized spacial score (nSPS) is 11.4. The minimum absolute atomic E-state index is 0.0788. The van der Waals surface area contributed by atoms with Crippen LogP contribution in [0.15, 0.2) is 52.1 Å². The summed E-state index contributed by atoms with van der Waals surface area (Å²) in [5.41, 5.74) is 0.107. The molecule has 0 aliphatic rings. The number of Topliss-reactive ketones (excluding diaryl/α,β-unsaturated/α-hetero) is 1. The summed E-state index contributed by atoms with van der Waals surface area (Å²) >= 11 is 0. The number of carbonyl (C=O) groups is 2. The molecule has 10 heteroatoms. The molecular weight excluding hydrogens is 462 g/mol. The molecule has 0 bridgehead atoms. The lowest BCUT2D eigenvalue weighted by molar-refractivity contribution is 0.0940. The lowest BCUT2D eigenvalue weighted by Crippen LogP contribution is -2.31. The smallest absolute Gasteiger partial charge is 0.352 e. The van der Waals surface area contributed by atoms with Gasteiger partial charge in [-0.05, 0) is 69.7 Å². The van der Waals surface area contributed by atoms with Gasteiger partial charge < -0.3 is 10.1 Å². The van der Waals surface area contributed by atoms with Gasteiger partial charge in [0.1, 0.15) is 12.3 Å². The Balaban J connectivity index is 1.84. The topological polar surface area (TPSA) is 117 Å². The molecule has 0 atom stereocenters. The van der Waals surface area contributed by atoms with Crippen LogP contribution in [0, 0.1) is 0 Å². The molecule has 36 heavy (non-hydrogen) atoms. The van der Waals surface area contributed by atoms with Crippen molar-refractivity contribution in [2.24, 2.45) is 0 Å². The number of amides is 1. The first-order valence-electron chi connectivity index (χ1n) is 12.0. The lowest BCUT2D eigenvalue weighted by Gasteiger charge is -2.11. The summed E-state index contributed by atoms with van der Waals surface area (Å²) in [5.74, 6) is 0.143. The molecule has 0 radical (unpaired) electrons. The Morgan fingerprint density at radius 2 is 1.72 bits per heavy atom. The van der Waals surface area contributed by atoms with E-state index in [2.05, 4.69) is 10.4 Å². The minimum atomic E-state index is -0.569. The van der Waals surface area contributed by atoms with Crippen molar-refractivity contribution in [1.82, 2.24) is 24.1 Å². The SMILES string of the molecule is CCCn1c(=O)c2ccc(C(=O)NC(C)C)cc2n2c(=O)n(CC(=O)c3ccc(OCC)cc3)nc12. The number of aryl methyl sites for hydroxylation is 1. The second-order valence-corrected chi connectivity index (χ2v) is 8.77. The van der Waals surface area contributed by atoms with E-state index >= 15 is 0 Å². The largest absolute Gasteiger partial charge is 0.494 e. The fourth-order valence-electron chi connectivity index (χ4n) is 4.06. The zero-order valence-electron chi connectivity index (χ0n) is 20.8. The number of nitrogens with zero attached hydrogens (tertiary/aromatic N) is 4. The zero-order valence-corrected chi connectivity index (χ0v) is 20.8. The van der Waals surface area contributed by atoms with Crippen LogP contribution in [0.5, 0.6) is 5.75 Å². The molecule has 0 aliphatic heterocycles. The van der Waals surface area contributed by atoms with Crippen molar-refractivity contribution < 1.29 is 14.3 Å². The third-order valence-corrected chi connectivity index (χ3v) is 5.69. The number of hydrogen-bond donors (Lipinski definition) is 1. The molecule has 0 aliphatic carbocycles. The van der Waals surface area contributed by atoms with Gasteiger partial charge in [0.15, 0.2) is 5.78 Å². The monoisotopic (exact) mass is 491 g/mol. The highest BCUT2D eigenvalue weighted by Crippen LogP contribution is 2.16. The highest BCUT2D eigenvalue weighted by molar-refractivity contribution is 5.98. The predicted octanol–water partition coefficient (Wildman–Crippen LogP) is 2.64. The molecule has 4 rings (SSSR count). The van der Waals surface area contributed by atoms with Crippen molar-refractivity contribution in [2.75, 3.05) is 6.61 Å². The molecule has 2 aromatic heterocycles. The van der Waals surface area contributed by atoms with Crippen LogP contribution < -0.4 is 21.3 Å². The van der Waals surface area contributed by atoms with Crippen LogP contribution in [0.4, 0.5) is 0 Å². The number of hydrogen-bond acceptors (Lipinski definition) is 6. The van der Waals surface area contributed by atoms with Crippen molar-refractivity contribution in [1.29, 1.82) is 0 Å². The van der Waals surface area contributed by atoms with Crippen LogP contribution in [0.2, 0.25) is 0 Å². The Hall–Kier alpha value is -4.21. The highest BCUT2D eigenvalue weighted by Gasteiger charge is 2.20. The maximum atomic E-state index is 13.5. The van der Waals surface area contributed by atoms with Crippen molar-refractivity contribution in [3.8, 4) is 5.75 Å². The Morgan fingerprint density at radius 1 is 1.03 bits per heavy atom. The van der Waals surface area contributed by atoms with Gasteiger partial charge in [-0.25, -0.2) is 13.9 Å². The van der Waals surface area contributed by atoms with E-state index in [1.54, 1.807) is 36.4 Å². The van der Waals surface area contributed by atoms with Crippen molar-refractivity contribution in [3.05, 3.63) is 74.4 Å². The van der Waals surface area contributed by atoms with E-state index in [9.17, 15) is 19.2 Å². The van der Waals surface area contributed by atoms with E-state index in [0.717, 1.165) is 4.68 Å². The van der Waals surface area contributed by atoms with Crippen LogP contribution in [0.1, 0.15) is 54.8 Å². The average Bonchev–Trinajstić information content (AvgIpc) is 3.17. The van der Waals surface area contributed by atoms with Gasteiger partial charge in [0.25, 0.3) is 11.5 Å². The summed E-state index contributed by atoms with van der Waals surface area (Å²) in [6.07, 6.45) is 0.641. The number of fused-ring (bicyclic) bond motifs is 3. The van der Waals surface area contributed by atoms with Crippen molar-refractivity contribution >= 4 is 28.4 Å². The summed E-state index contributed by atoms with van der Waals surface area (Å²) < 4.78 is 9.19. The Kier molecular flexibility index (Phi) is 7.05. The molecule has 1 N–H and O–H groups in total. The number of rotatable bonds is 9. The van der Waals surface area contributed by atoms with E-state index in [4.69, 9.17) is 4.74 Å². The van der Waals surface area contributed by atoms with E-state index in [0.29, 0.717) is 36.4 Å². The first kappa shape index (κ1) is 24.9. The summed E-state index contributed by atoms with van der Waals surface area (Å²) in [6, 6.07) is 11.2.